The third kappa shape index (κ3) is 9.91. The minimum Gasteiger partial charge on any atom is -0.478 e. The molecule has 28 heavy (non-hydrogen) atoms. The first-order chi connectivity index (χ1) is 13.0. The number of rotatable bonds is 2. The molecular weight excluding hydrogens is 368 g/mol. The van der Waals surface area contributed by atoms with Crippen LogP contribution in [0.4, 0.5) is 0 Å². The van der Waals surface area contributed by atoms with Crippen LogP contribution in [-0.2, 0) is 19.1 Å². The van der Waals surface area contributed by atoms with Gasteiger partial charge in [0.1, 0.15) is 6.10 Å². The summed E-state index contributed by atoms with van der Waals surface area (Å²) in [6.07, 6.45) is 0.259. The Bertz CT molecular complexity index is 698. The van der Waals surface area contributed by atoms with E-state index in [0.29, 0.717) is 17.5 Å². The second kappa shape index (κ2) is 12.1. The van der Waals surface area contributed by atoms with Gasteiger partial charge in [0.25, 0.3) is 0 Å². The zero-order valence-electron chi connectivity index (χ0n) is 16.1. The van der Waals surface area contributed by atoms with Crippen molar-refractivity contribution in [3.8, 4) is 0 Å². The summed E-state index contributed by atoms with van der Waals surface area (Å²) < 4.78 is 10.2. The van der Waals surface area contributed by atoms with Crippen molar-refractivity contribution in [1.82, 2.24) is 0 Å². The molecule has 0 saturated heterocycles. The molecule has 0 radical (unpaired) electrons. The van der Waals surface area contributed by atoms with E-state index in [4.69, 9.17) is 19.7 Å². The number of ether oxygens (including phenoxy) is 2. The number of fused-ring (bicyclic) bond motifs is 8. The summed E-state index contributed by atoms with van der Waals surface area (Å²) in [5.74, 6) is -2.61. The van der Waals surface area contributed by atoms with Crippen molar-refractivity contribution < 1.29 is 38.9 Å². The highest BCUT2D eigenvalue weighted by atomic mass is 16.6. The van der Waals surface area contributed by atoms with Crippen molar-refractivity contribution in [3.05, 3.63) is 59.7 Å². The van der Waals surface area contributed by atoms with Crippen LogP contribution in [0.1, 0.15) is 47.9 Å². The van der Waals surface area contributed by atoms with Crippen LogP contribution in [0.2, 0.25) is 0 Å². The molecule has 2 bridgehead atoms. The van der Waals surface area contributed by atoms with Crippen LogP contribution in [0, 0.1) is 0 Å². The predicted octanol–water partition coefficient (Wildman–Crippen LogP) is 3.09. The Hall–Kier alpha value is -3.42. The third-order valence-electron chi connectivity index (χ3n) is 3.15. The molecule has 3 rings (SSSR count). The Morgan fingerprint density at radius 3 is 1.64 bits per heavy atom. The van der Waals surface area contributed by atoms with Crippen LogP contribution >= 0.6 is 0 Å². The maximum absolute atomic E-state index is 11.6. The second-order valence-corrected chi connectivity index (χ2v) is 5.89. The van der Waals surface area contributed by atoms with Gasteiger partial charge in [0.2, 0.25) is 0 Å². The van der Waals surface area contributed by atoms with E-state index in [1.165, 1.54) is 13.8 Å². The lowest BCUT2D eigenvalue weighted by molar-refractivity contribution is -0.133. The van der Waals surface area contributed by atoms with Crippen LogP contribution in [0.3, 0.4) is 0 Å². The molecule has 8 nitrogen and oxygen atoms in total. The van der Waals surface area contributed by atoms with Gasteiger partial charge >= 0.3 is 23.9 Å². The van der Waals surface area contributed by atoms with E-state index < -0.39 is 11.9 Å². The average Bonchev–Trinajstić information content (AvgIpc) is 2.65. The van der Waals surface area contributed by atoms with Gasteiger partial charge in [0.05, 0.1) is 17.7 Å². The van der Waals surface area contributed by atoms with Gasteiger partial charge in [-0.1, -0.05) is 13.2 Å². The lowest BCUT2D eigenvalue weighted by Crippen LogP contribution is -2.17. The molecule has 1 unspecified atom stereocenters. The minimum atomic E-state index is -0.935. The summed E-state index contributed by atoms with van der Waals surface area (Å²) in [5.41, 5.74) is 1.25. The number of carbonyl (C=O) groups excluding carboxylic acids is 2. The topological polar surface area (TPSA) is 127 Å². The molecule has 2 heterocycles. The minimum absolute atomic E-state index is 0.176. The molecule has 0 fully saturated rings. The number of esters is 2. The third-order valence-corrected chi connectivity index (χ3v) is 3.15. The second-order valence-electron chi connectivity index (χ2n) is 5.89. The molecule has 1 atom stereocenters. The van der Waals surface area contributed by atoms with Gasteiger partial charge in [-0.3, -0.25) is 0 Å². The fourth-order valence-corrected chi connectivity index (χ4v) is 1.45. The number of carboxylic acids is 2. The molecule has 8 heteroatoms. The highest BCUT2D eigenvalue weighted by molar-refractivity contribution is 5.93. The smallest absolute Gasteiger partial charge is 0.338 e. The SMILES string of the molecule is C=C(C)C(=O)O.C=C(C)C(=O)O.CC1CCOC(=O)c2ccc(cc2)C(=O)O1. The molecule has 1 aromatic carbocycles. The van der Waals surface area contributed by atoms with Crippen LogP contribution in [0.25, 0.3) is 0 Å². The fraction of sp³-hybridized carbons (Fsp3) is 0.300. The Kier molecular flexibility index (Phi) is 10.6. The van der Waals surface area contributed by atoms with Gasteiger partial charge < -0.3 is 19.7 Å². The summed E-state index contributed by atoms with van der Waals surface area (Å²) in [4.78, 5) is 42.3. The molecule has 152 valence electrons. The van der Waals surface area contributed by atoms with Gasteiger partial charge in [-0.2, -0.15) is 0 Å². The van der Waals surface area contributed by atoms with Gasteiger partial charge in [-0.25, -0.2) is 19.2 Å². The number of carbonyl (C=O) groups is 4. The summed E-state index contributed by atoms with van der Waals surface area (Å²) in [6, 6.07) is 6.26. The highest BCUT2D eigenvalue weighted by Gasteiger charge is 2.16. The van der Waals surface area contributed by atoms with E-state index in [9.17, 15) is 19.2 Å². The monoisotopic (exact) mass is 392 g/mol. The fourth-order valence-electron chi connectivity index (χ4n) is 1.45. The van der Waals surface area contributed by atoms with Crippen LogP contribution < -0.4 is 0 Å². The van der Waals surface area contributed by atoms with E-state index in [0.717, 1.165) is 0 Å². The molecule has 0 amide bonds. The quantitative estimate of drug-likeness (QED) is 0.581. The molecule has 0 aromatic heterocycles. The van der Waals surface area contributed by atoms with Crippen molar-refractivity contribution in [2.24, 2.45) is 0 Å². The Labute approximate surface area is 163 Å². The van der Waals surface area contributed by atoms with E-state index >= 15 is 0 Å². The lowest BCUT2D eigenvalue weighted by Gasteiger charge is -2.11. The zero-order chi connectivity index (χ0) is 21.9. The van der Waals surface area contributed by atoms with Crippen LogP contribution in [0.15, 0.2) is 48.6 Å². The van der Waals surface area contributed by atoms with E-state index in [-0.39, 0.29) is 35.8 Å². The predicted molar refractivity (Wildman–Crippen MR) is 101 cm³/mol. The average molecular weight is 392 g/mol. The molecule has 0 saturated carbocycles. The Morgan fingerprint density at radius 2 is 1.29 bits per heavy atom. The largest absolute Gasteiger partial charge is 0.478 e. The van der Waals surface area contributed by atoms with Crippen molar-refractivity contribution in [3.63, 3.8) is 0 Å². The van der Waals surface area contributed by atoms with Gasteiger partial charge in [-0.05, 0) is 45.0 Å². The van der Waals surface area contributed by atoms with Crippen molar-refractivity contribution >= 4 is 23.9 Å². The number of hydrogen-bond donors (Lipinski definition) is 2. The first-order valence-electron chi connectivity index (χ1n) is 8.21. The van der Waals surface area contributed by atoms with Crippen LogP contribution in [0.5, 0.6) is 0 Å². The number of hydrogen-bond acceptors (Lipinski definition) is 6. The molecule has 1 aromatic rings. The molecule has 0 spiro atoms. The molecule has 2 aliphatic rings. The molecule has 2 aliphatic heterocycles. The van der Waals surface area contributed by atoms with E-state index in [2.05, 4.69) is 13.2 Å². The summed E-state index contributed by atoms with van der Waals surface area (Å²) in [6.45, 7) is 11.2. The van der Waals surface area contributed by atoms with Gasteiger partial charge in [-0.15, -0.1) is 0 Å². The normalized spacial score (nSPS) is 15.2. The van der Waals surface area contributed by atoms with E-state index in [1.807, 2.05) is 0 Å². The zero-order valence-corrected chi connectivity index (χ0v) is 16.1. The lowest BCUT2D eigenvalue weighted by atomic mass is 10.1. The van der Waals surface area contributed by atoms with Crippen molar-refractivity contribution in [1.29, 1.82) is 0 Å². The first-order valence-corrected chi connectivity index (χ1v) is 8.21. The van der Waals surface area contributed by atoms with Crippen LogP contribution in [-0.4, -0.2) is 46.8 Å². The summed E-state index contributed by atoms with van der Waals surface area (Å²) >= 11 is 0. The maximum Gasteiger partial charge on any atom is 0.338 e. The molecule has 2 N–H and O–H groups in total. The van der Waals surface area contributed by atoms with Crippen molar-refractivity contribution in [2.75, 3.05) is 6.61 Å². The standard InChI is InChI=1S/C12H12O4.2C4H6O2/c1-8-6-7-15-11(13)9-2-4-10(5-3-9)12(14)16-8;2*1-3(2)4(5)6/h2-5,8H,6-7H2,1H3;2*1H2,2H3,(H,5,6). The number of aliphatic carboxylic acids is 2. The highest BCUT2D eigenvalue weighted by Crippen LogP contribution is 2.12. The maximum atomic E-state index is 11.6. The first kappa shape index (κ1) is 24.6. The van der Waals surface area contributed by atoms with Gasteiger partial charge in [0.15, 0.2) is 0 Å². The molecule has 0 aliphatic carbocycles. The molecular formula is C20H24O8. The Balaban J connectivity index is 0.000000505. The number of carboxylic acid groups (broad SMARTS) is 2. The number of benzene rings is 1. The summed E-state index contributed by atoms with van der Waals surface area (Å²) in [5, 5.41) is 15.8. The summed E-state index contributed by atoms with van der Waals surface area (Å²) in [7, 11) is 0. The Morgan fingerprint density at radius 1 is 0.929 bits per heavy atom. The van der Waals surface area contributed by atoms with Gasteiger partial charge in [0, 0.05) is 17.6 Å². The van der Waals surface area contributed by atoms with Crippen molar-refractivity contribution in [2.45, 2.75) is 33.3 Å². The van der Waals surface area contributed by atoms with E-state index in [1.54, 1.807) is 31.2 Å².